The lowest BCUT2D eigenvalue weighted by Gasteiger charge is -2.07. The molecule has 0 spiro atoms. The Hall–Kier alpha value is -1.42. The number of rotatable bonds is 3. The summed E-state index contributed by atoms with van der Waals surface area (Å²) in [6.07, 6.45) is 0. The average molecular weight is 294 g/mol. The van der Waals surface area contributed by atoms with E-state index < -0.39 is 0 Å². The molecule has 1 heterocycles. The highest BCUT2D eigenvalue weighted by Gasteiger charge is 2.14. The van der Waals surface area contributed by atoms with Gasteiger partial charge < -0.3 is 4.74 Å². The van der Waals surface area contributed by atoms with Gasteiger partial charge in [-0.05, 0) is 24.6 Å². The number of aromatic nitrogens is 1. The SMILES string of the molecule is CCOC(=O)c1nc2ccccc2cc1CBr. The third-order valence-corrected chi connectivity index (χ3v) is 3.02. The molecule has 3 nitrogen and oxygen atoms in total. The lowest BCUT2D eigenvalue weighted by Crippen LogP contribution is -2.10. The second-order valence-electron chi connectivity index (χ2n) is 3.54. The molecule has 4 heteroatoms. The molecule has 0 bridgehead atoms. The van der Waals surface area contributed by atoms with E-state index in [1.54, 1.807) is 6.92 Å². The van der Waals surface area contributed by atoms with Crippen molar-refractivity contribution in [1.29, 1.82) is 0 Å². The van der Waals surface area contributed by atoms with Gasteiger partial charge in [0.2, 0.25) is 0 Å². The van der Waals surface area contributed by atoms with Gasteiger partial charge in [0, 0.05) is 10.7 Å². The first-order valence-electron chi connectivity index (χ1n) is 5.38. The van der Waals surface area contributed by atoms with Crippen molar-refractivity contribution < 1.29 is 9.53 Å². The number of pyridine rings is 1. The summed E-state index contributed by atoms with van der Waals surface area (Å²) in [4.78, 5) is 16.1. The summed E-state index contributed by atoms with van der Waals surface area (Å²) in [5, 5.41) is 1.61. The molecule has 17 heavy (non-hydrogen) atoms. The molecule has 0 radical (unpaired) electrons. The van der Waals surface area contributed by atoms with Crippen LogP contribution in [0.3, 0.4) is 0 Å². The van der Waals surface area contributed by atoms with Crippen LogP contribution in [0.5, 0.6) is 0 Å². The van der Waals surface area contributed by atoms with E-state index in [1.807, 2.05) is 30.3 Å². The number of esters is 1. The van der Waals surface area contributed by atoms with Crippen LogP contribution in [0.25, 0.3) is 10.9 Å². The molecule has 0 unspecified atom stereocenters. The first kappa shape index (κ1) is 12.0. The van der Waals surface area contributed by atoms with Crippen molar-refractivity contribution in [1.82, 2.24) is 4.98 Å². The highest BCUT2D eigenvalue weighted by Crippen LogP contribution is 2.19. The van der Waals surface area contributed by atoms with E-state index in [-0.39, 0.29) is 5.97 Å². The maximum atomic E-state index is 11.8. The van der Waals surface area contributed by atoms with Crippen LogP contribution in [0, 0.1) is 0 Å². The number of halogens is 1. The minimum absolute atomic E-state index is 0.356. The minimum Gasteiger partial charge on any atom is -0.461 e. The predicted molar refractivity (Wildman–Crippen MR) is 70.3 cm³/mol. The van der Waals surface area contributed by atoms with Crippen LogP contribution in [0.4, 0.5) is 0 Å². The lowest BCUT2D eigenvalue weighted by atomic mass is 10.1. The Bertz CT molecular complexity index is 554. The van der Waals surface area contributed by atoms with Gasteiger partial charge in [-0.2, -0.15) is 0 Å². The molecule has 0 saturated carbocycles. The zero-order chi connectivity index (χ0) is 12.3. The van der Waals surface area contributed by atoms with Crippen molar-refractivity contribution >= 4 is 32.8 Å². The van der Waals surface area contributed by atoms with Gasteiger partial charge in [0.15, 0.2) is 5.69 Å². The second-order valence-corrected chi connectivity index (χ2v) is 4.10. The number of para-hydroxylation sites is 1. The first-order valence-corrected chi connectivity index (χ1v) is 6.50. The number of nitrogens with zero attached hydrogens (tertiary/aromatic N) is 1. The molecule has 0 atom stereocenters. The summed E-state index contributed by atoms with van der Waals surface area (Å²) in [5.41, 5.74) is 2.05. The van der Waals surface area contributed by atoms with Gasteiger partial charge in [-0.25, -0.2) is 9.78 Å². The van der Waals surface area contributed by atoms with E-state index in [2.05, 4.69) is 20.9 Å². The van der Waals surface area contributed by atoms with Crippen LogP contribution in [-0.2, 0) is 10.1 Å². The van der Waals surface area contributed by atoms with Crippen LogP contribution in [0.15, 0.2) is 30.3 Å². The van der Waals surface area contributed by atoms with Gasteiger partial charge in [-0.1, -0.05) is 34.1 Å². The largest absolute Gasteiger partial charge is 0.461 e. The minimum atomic E-state index is -0.368. The van der Waals surface area contributed by atoms with E-state index >= 15 is 0 Å². The van der Waals surface area contributed by atoms with E-state index in [0.29, 0.717) is 17.6 Å². The van der Waals surface area contributed by atoms with Crippen molar-refractivity contribution in [3.8, 4) is 0 Å². The summed E-state index contributed by atoms with van der Waals surface area (Å²) in [7, 11) is 0. The van der Waals surface area contributed by atoms with Gasteiger partial charge in [0.05, 0.1) is 12.1 Å². The third-order valence-electron chi connectivity index (χ3n) is 2.42. The van der Waals surface area contributed by atoms with Crippen LogP contribution in [0.2, 0.25) is 0 Å². The molecule has 1 aromatic carbocycles. The fraction of sp³-hybridized carbons (Fsp3) is 0.231. The molecule has 0 N–H and O–H groups in total. The molecule has 2 aromatic rings. The van der Waals surface area contributed by atoms with Crippen molar-refractivity contribution in [3.05, 3.63) is 41.6 Å². The van der Waals surface area contributed by atoms with Crippen LogP contribution in [0.1, 0.15) is 23.0 Å². The van der Waals surface area contributed by atoms with Gasteiger partial charge in [0.25, 0.3) is 0 Å². The molecular formula is C13H12BrNO2. The van der Waals surface area contributed by atoms with E-state index in [4.69, 9.17) is 4.74 Å². The number of benzene rings is 1. The fourth-order valence-corrected chi connectivity index (χ4v) is 2.07. The summed E-state index contributed by atoms with van der Waals surface area (Å²) in [6.45, 7) is 2.14. The fourth-order valence-electron chi connectivity index (χ4n) is 1.64. The number of fused-ring (bicyclic) bond motifs is 1. The monoisotopic (exact) mass is 293 g/mol. The molecular weight excluding hydrogens is 282 g/mol. The van der Waals surface area contributed by atoms with E-state index in [0.717, 1.165) is 16.5 Å². The zero-order valence-electron chi connectivity index (χ0n) is 9.44. The normalized spacial score (nSPS) is 10.5. The number of alkyl halides is 1. The molecule has 0 fully saturated rings. The summed E-state index contributed by atoms with van der Waals surface area (Å²) >= 11 is 3.37. The lowest BCUT2D eigenvalue weighted by molar-refractivity contribution is 0.0519. The Morgan fingerprint density at radius 3 is 2.88 bits per heavy atom. The van der Waals surface area contributed by atoms with Crippen LogP contribution < -0.4 is 0 Å². The first-order chi connectivity index (χ1) is 8.26. The predicted octanol–water partition coefficient (Wildman–Crippen LogP) is 3.31. The molecule has 88 valence electrons. The van der Waals surface area contributed by atoms with Gasteiger partial charge in [-0.3, -0.25) is 0 Å². The third kappa shape index (κ3) is 2.47. The highest BCUT2D eigenvalue weighted by molar-refractivity contribution is 9.08. The quantitative estimate of drug-likeness (QED) is 0.644. The van der Waals surface area contributed by atoms with Crippen molar-refractivity contribution in [2.75, 3.05) is 6.61 Å². The zero-order valence-corrected chi connectivity index (χ0v) is 11.0. The van der Waals surface area contributed by atoms with Gasteiger partial charge >= 0.3 is 5.97 Å². The number of ether oxygens (including phenoxy) is 1. The van der Waals surface area contributed by atoms with Crippen molar-refractivity contribution in [2.45, 2.75) is 12.3 Å². The summed E-state index contributed by atoms with van der Waals surface area (Å²) < 4.78 is 5.00. The maximum Gasteiger partial charge on any atom is 0.357 e. The topological polar surface area (TPSA) is 39.2 Å². The van der Waals surface area contributed by atoms with Gasteiger partial charge in [-0.15, -0.1) is 0 Å². The Labute approximate surface area is 108 Å². The number of hydrogen-bond acceptors (Lipinski definition) is 3. The van der Waals surface area contributed by atoms with Crippen molar-refractivity contribution in [3.63, 3.8) is 0 Å². The molecule has 1 aromatic heterocycles. The molecule has 0 aliphatic heterocycles. The Morgan fingerprint density at radius 1 is 1.41 bits per heavy atom. The highest BCUT2D eigenvalue weighted by atomic mass is 79.9. The maximum absolute atomic E-state index is 11.8. The summed E-state index contributed by atoms with van der Waals surface area (Å²) in [6, 6.07) is 9.67. The van der Waals surface area contributed by atoms with E-state index in [9.17, 15) is 4.79 Å². The molecule has 0 amide bonds. The number of carbonyl (C=O) groups is 1. The Balaban J connectivity index is 2.56. The standard InChI is InChI=1S/C13H12BrNO2/c1-2-17-13(16)12-10(8-14)7-9-5-3-4-6-11(9)15-12/h3-7H,2,8H2,1H3. The molecule has 2 rings (SSSR count). The van der Waals surface area contributed by atoms with Crippen LogP contribution >= 0.6 is 15.9 Å². The summed E-state index contributed by atoms with van der Waals surface area (Å²) in [5.74, 6) is -0.368. The Kier molecular flexibility index (Phi) is 3.74. The number of carbonyl (C=O) groups excluding carboxylic acids is 1. The number of hydrogen-bond donors (Lipinski definition) is 0. The smallest absolute Gasteiger partial charge is 0.357 e. The van der Waals surface area contributed by atoms with Crippen molar-refractivity contribution in [2.24, 2.45) is 0 Å². The Morgan fingerprint density at radius 2 is 2.18 bits per heavy atom. The molecule has 0 saturated heterocycles. The van der Waals surface area contributed by atoms with E-state index in [1.165, 1.54) is 0 Å². The van der Waals surface area contributed by atoms with Gasteiger partial charge in [0.1, 0.15) is 0 Å². The second kappa shape index (κ2) is 5.27. The average Bonchev–Trinajstić information content (AvgIpc) is 2.37. The molecule has 0 aliphatic rings. The van der Waals surface area contributed by atoms with Crippen LogP contribution in [-0.4, -0.2) is 17.6 Å². The molecule has 0 aliphatic carbocycles.